The van der Waals surface area contributed by atoms with Crippen LogP contribution >= 0.6 is 11.6 Å². The largest absolute Gasteiger partial charge is 0.443 e. The third-order valence-electron chi connectivity index (χ3n) is 5.03. The second-order valence-corrected chi connectivity index (χ2v) is 7.81. The van der Waals surface area contributed by atoms with Crippen LogP contribution in [-0.2, 0) is 17.6 Å². The molecule has 0 fully saturated rings. The summed E-state index contributed by atoms with van der Waals surface area (Å²) < 4.78 is 59.0. The SMILES string of the molecule is O=C(c1ccccc1F)N(Cc1cccc(C(F)(F)F)c1)C[C@H]1CC(c2ccc(Cl)o2)=NO1. The first-order valence-electron chi connectivity index (χ1n) is 9.89. The lowest BCUT2D eigenvalue weighted by molar-refractivity contribution is -0.137. The molecule has 4 rings (SSSR count). The third kappa shape index (κ3) is 5.36. The highest BCUT2D eigenvalue weighted by Gasteiger charge is 2.32. The Bertz CT molecular complexity index is 1190. The van der Waals surface area contributed by atoms with Gasteiger partial charge in [0.1, 0.15) is 11.5 Å². The topological polar surface area (TPSA) is 55.0 Å². The number of halogens is 5. The molecule has 1 atom stereocenters. The summed E-state index contributed by atoms with van der Waals surface area (Å²) in [6, 6.07) is 13.2. The van der Waals surface area contributed by atoms with E-state index in [1.54, 1.807) is 12.1 Å². The van der Waals surface area contributed by atoms with Gasteiger partial charge in [-0.05, 0) is 53.6 Å². The number of alkyl halides is 3. The maximum Gasteiger partial charge on any atom is 0.416 e. The van der Waals surface area contributed by atoms with Crippen LogP contribution in [0.15, 0.2) is 70.2 Å². The van der Waals surface area contributed by atoms with Crippen molar-refractivity contribution in [2.75, 3.05) is 6.54 Å². The lowest BCUT2D eigenvalue weighted by Gasteiger charge is -2.25. The minimum atomic E-state index is -4.53. The fourth-order valence-electron chi connectivity index (χ4n) is 3.48. The molecule has 0 unspecified atom stereocenters. The first-order valence-corrected chi connectivity index (χ1v) is 10.3. The molecule has 0 aliphatic carbocycles. The summed E-state index contributed by atoms with van der Waals surface area (Å²) in [5, 5.41) is 4.14. The van der Waals surface area contributed by atoms with Crippen molar-refractivity contribution in [3.05, 3.63) is 94.2 Å². The molecule has 33 heavy (non-hydrogen) atoms. The van der Waals surface area contributed by atoms with Crippen LogP contribution in [0.4, 0.5) is 17.6 Å². The number of carbonyl (C=O) groups is 1. The monoisotopic (exact) mass is 480 g/mol. The van der Waals surface area contributed by atoms with E-state index in [0.717, 1.165) is 18.2 Å². The van der Waals surface area contributed by atoms with Crippen LogP contribution in [0.1, 0.15) is 33.7 Å². The molecular weight excluding hydrogens is 464 g/mol. The molecule has 1 aliphatic heterocycles. The zero-order chi connectivity index (χ0) is 23.6. The molecule has 5 nitrogen and oxygen atoms in total. The number of amides is 1. The third-order valence-corrected chi connectivity index (χ3v) is 5.24. The van der Waals surface area contributed by atoms with E-state index in [1.165, 1.54) is 35.2 Å². The summed E-state index contributed by atoms with van der Waals surface area (Å²) in [7, 11) is 0. The van der Waals surface area contributed by atoms with E-state index in [9.17, 15) is 22.4 Å². The fraction of sp³-hybridized carbons (Fsp3) is 0.217. The number of benzene rings is 2. The van der Waals surface area contributed by atoms with Crippen LogP contribution in [0.25, 0.3) is 0 Å². The fourth-order valence-corrected chi connectivity index (χ4v) is 3.62. The van der Waals surface area contributed by atoms with Gasteiger partial charge in [0.05, 0.1) is 17.7 Å². The van der Waals surface area contributed by atoms with Gasteiger partial charge in [-0.2, -0.15) is 13.2 Å². The zero-order valence-corrected chi connectivity index (χ0v) is 17.7. The summed E-state index contributed by atoms with van der Waals surface area (Å²) in [6.45, 7) is -0.219. The number of carbonyl (C=O) groups excluding carboxylic acids is 1. The molecule has 1 amide bonds. The van der Waals surface area contributed by atoms with Crippen molar-refractivity contribution in [2.24, 2.45) is 5.16 Å². The highest BCUT2D eigenvalue weighted by atomic mass is 35.5. The predicted octanol–water partition coefficient (Wildman–Crippen LogP) is 5.93. The van der Waals surface area contributed by atoms with E-state index in [-0.39, 0.29) is 35.9 Å². The minimum Gasteiger partial charge on any atom is -0.443 e. The lowest BCUT2D eigenvalue weighted by atomic mass is 10.1. The van der Waals surface area contributed by atoms with E-state index in [0.29, 0.717) is 11.5 Å². The highest BCUT2D eigenvalue weighted by molar-refractivity contribution is 6.29. The number of hydrogen-bond donors (Lipinski definition) is 0. The van der Waals surface area contributed by atoms with Crippen LogP contribution in [0, 0.1) is 5.82 Å². The van der Waals surface area contributed by atoms with Gasteiger partial charge in [-0.1, -0.05) is 29.4 Å². The van der Waals surface area contributed by atoms with Crippen molar-refractivity contribution in [3.8, 4) is 0 Å². The van der Waals surface area contributed by atoms with Gasteiger partial charge in [0, 0.05) is 13.0 Å². The van der Waals surface area contributed by atoms with Crippen LogP contribution in [-0.4, -0.2) is 29.2 Å². The summed E-state index contributed by atoms with van der Waals surface area (Å²) >= 11 is 5.79. The number of furan rings is 1. The zero-order valence-electron chi connectivity index (χ0n) is 17.0. The molecule has 172 valence electrons. The molecule has 0 bridgehead atoms. The molecule has 1 aliphatic rings. The molecule has 0 saturated heterocycles. The Kier molecular flexibility index (Phi) is 6.42. The quantitative estimate of drug-likeness (QED) is 0.411. The van der Waals surface area contributed by atoms with Crippen molar-refractivity contribution in [3.63, 3.8) is 0 Å². The van der Waals surface area contributed by atoms with Gasteiger partial charge < -0.3 is 14.2 Å². The normalized spacial score (nSPS) is 15.8. The molecule has 2 heterocycles. The van der Waals surface area contributed by atoms with Crippen LogP contribution in [0.3, 0.4) is 0 Å². The van der Waals surface area contributed by atoms with E-state index < -0.39 is 29.6 Å². The number of rotatable bonds is 6. The second kappa shape index (κ2) is 9.27. The second-order valence-electron chi connectivity index (χ2n) is 7.44. The van der Waals surface area contributed by atoms with Gasteiger partial charge in [0.2, 0.25) is 0 Å². The minimum absolute atomic E-state index is 0.0369. The highest BCUT2D eigenvalue weighted by Crippen LogP contribution is 2.30. The van der Waals surface area contributed by atoms with Gasteiger partial charge in [-0.15, -0.1) is 0 Å². The van der Waals surface area contributed by atoms with Gasteiger partial charge >= 0.3 is 6.18 Å². The predicted molar refractivity (Wildman–Crippen MR) is 112 cm³/mol. The number of hydrogen-bond acceptors (Lipinski definition) is 4. The summed E-state index contributed by atoms with van der Waals surface area (Å²) in [4.78, 5) is 19.8. The molecule has 0 N–H and O–H groups in total. The Morgan fingerprint density at radius 2 is 1.91 bits per heavy atom. The van der Waals surface area contributed by atoms with Gasteiger partial charge in [-0.25, -0.2) is 4.39 Å². The summed E-state index contributed by atoms with van der Waals surface area (Å²) in [5.74, 6) is -0.998. The summed E-state index contributed by atoms with van der Waals surface area (Å²) in [6.07, 6.45) is -4.86. The number of nitrogens with zero attached hydrogens (tertiary/aromatic N) is 2. The molecule has 0 spiro atoms. The Labute approximate surface area is 191 Å². The standard InChI is InChI=1S/C23H17ClF4N2O3/c24-21-9-8-20(32-21)19-11-16(33-29-19)13-30(22(31)17-6-1-2-7-18(17)25)12-14-4-3-5-15(10-14)23(26,27)28/h1-10,16H,11-13H2/t16-/m1/s1. The Hall–Kier alpha value is -3.33. The van der Waals surface area contributed by atoms with Gasteiger partial charge in [-0.3, -0.25) is 4.79 Å². The van der Waals surface area contributed by atoms with Crippen molar-refractivity contribution >= 4 is 23.2 Å². The van der Waals surface area contributed by atoms with Crippen LogP contribution in [0.2, 0.25) is 5.22 Å². The van der Waals surface area contributed by atoms with Crippen molar-refractivity contribution in [2.45, 2.75) is 25.2 Å². The average Bonchev–Trinajstić information content (AvgIpc) is 3.42. The van der Waals surface area contributed by atoms with Crippen molar-refractivity contribution < 1.29 is 31.6 Å². The van der Waals surface area contributed by atoms with Crippen LogP contribution in [0.5, 0.6) is 0 Å². The lowest BCUT2D eigenvalue weighted by Crippen LogP contribution is -2.37. The van der Waals surface area contributed by atoms with E-state index in [1.807, 2.05) is 0 Å². The molecule has 10 heteroatoms. The average molecular weight is 481 g/mol. The summed E-state index contributed by atoms with van der Waals surface area (Å²) in [5.41, 5.74) is -0.312. The van der Waals surface area contributed by atoms with E-state index in [4.69, 9.17) is 20.9 Å². The Morgan fingerprint density at radius 1 is 1.12 bits per heavy atom. The first kappa shape index (κ1) is 22.8. The maximum atomic E-state index is 14.3. The molecular formula is C23H17ClF4N2O3. The Morgan fingerprint density at radius 3 is 2.61 bits per heavy atom. The molecule has 0 saturated carbocycles. The first-order chi connectivity index (χ1) is 15.7. The molecule has 0 radical (unpaired) electrons. The van der Waals surface area contributed by atoms with Gasteiger partial charge in [0.15, 0.2) is 17.1 Å². The van der Waals surface area contributed by atoms with E-state index >= 15 is 0 Å². The maximum absolute atomic E-state index is 14.3. The Balaban J connectivity index is 1.56. The van der Waals surface area contributed by atoms with Crippen molar-refractivity contribution in [1.29, 1.82) is 0 Å². The smallest absolute Gasteiger partial charge is 0.416 e. The van der Waals surface area contributed by atoms with Crippen molar-refractivity contribution in [1.82, 2.24) is 4.90 Å². The molecule has 2 aromatic carbocycles. The molecule has 1 aromatic heterocycles. The van der Waals surface area contributed by atoms with Gasteiger partial charge in [0.25, 0.3) is 5.91 Å². The van der Waals surface area contributed by atoms with E-state index in [2.05, 4.69) is 5.16 Å². The van der Waals surface area contributed by atoms with Crippen LogP contribution < -0.4 is 0 Å². The molecule has 3 aromatic rings. The number of oxime groups is 1.